The van der Waals surface area contributed by atoms with Gasteiger partial charge in [0.1, 0.15) is 6.07 Å². The molecule has 0 radical (unpaired) electrons. The largest absolute Gasteiger partial charge is 0.453 e. The minimum absolute atomic E-state index is 0.217. The Bertz CT molecular complexity index is 404. The van der Waals surface area contributed by atoms with Crippen molar-refractivity contribution in [2.75, 3.05) is 6.79 Å². The smallest absolute Gasteiger partial charge is 0.231 e. The molecule has 0 N–H and O–H groups in total. The lowest BCUT2D eigenvalue weighted by Gasteiger charge is -2.05. The van der Waals surface area contributed by atoms with Crippen LogP contribution in [0.25, 0.3) is 0 Å². The van der Waals surface area contributed by atoms with E-state index in [0.29, 0.717) is 11.3 Å². The van der Waals surface area contributed by atoms with Crippen LogP contribution in [-0.2, 0) is 0 Å². The van der Waals surface area contributed by atoms with Crippen LogP contribution in [-0.4, -0.2) is 6.79 Å². The fourth-order valence-corrected chi connectivity index (χ4v) is 1.41. The fraction of sp³-hybridized carbons (Fsp3) is 0.300. The van der Waals surface area contributed by atoms with E-state index in [-0.39, 0.29) is 6.79 Å². The highest BCUT2D eigenvalue weighted by molar-refractivity contribution is 5.59. The lowest BCUT2D eigenvalue weighted by atomic mass is 10.0. The molecule has 1 aliphatic rings. The van der Waals surface area contributed by atoms with Gasteiger partial charge in [-0.1, -0.05) is 0 Å². The average Bonchev–Trinajstić information content (AvgIpc) is 2.60. The van der Waals surface area contributed by atoms with E-state index in [1.807, 2.05) is 19.9 Å². The third-order valence-electron chi connectivity index (χ3n) is 2.27. The summed E-state index contributed by atoms with van der Waals surface area (Å²) in [5.41, 5.74) is 2.66. The summed E-state index contributed by atoms with van der Waals surface area (Å²) in [6.07, 6.45) is 0. The van der Waals surface area contributed by atoms with Crippen molar-refractivity contribution >= 4 is 0 Å². The number of nitriles is 1. The summed E-state index contributed by atoms with van der Waals surface area (Å²) in [6, 6.07) is 3.91. The maximum Gasteiger partial charge on any atom is 0.231 e. The molecule has 0 amide bonds. The van der Waals surface area contributed by atoms with Crippen molar-refractivity contribution < 1.29 is 9.47 Å². The van der Waals surface area contributed by atoms with Crippen LogP contribution in [0.3, 0.4) is 0 Å². The Labute approximate surface area is 76.5 Å². The van der Waals surface area contributed by atoms with E-state index in [1.54, 1.807) is 0 Å². The van der Waals surface area contributed by atoms with Gasteiger partial charge in [0.05, 0.1) is 5.56 Å². The molecular weight excluding hydrogens is 166 g/mol. The van der Waals surface area contributed by atoms with Crippen LogP contribution in [0.5, 0.6) is 11.5 Å². The molecule has 0 fully saturated rings. The van der Waals surface area contributed by atoms with Gasteiger partial charge in [0.15, 0.2) is 11.5 Å². The number of hydrogen-bond donors (Lipinski definition) is 0. The maximum atomic E-state index is 8.83. The number of nitrogens with zero attached hydrogens (tertiary/aromatic N) is 1. The van der Waals surface area contributed by atoms with E-state index in [9.17, 15) is 0 Å². The molecule has 0 bridgehead atoms. The van der Waals surface area contributed by atoms with Gasteiger partial charge in [-0.15, -0.1) is 0 Å². The number of benzene rings is 1. The summed E-state index contributed by atoms with van der Waals surface area (Å²) in [6.45, 7) is 4.14. The second-order valence-electron chi connectivity index (χ2n) is 3.04. The highest BCUT2D eigenvalue weighted by Gasteiger charge is 2.21. The molecule has 66 valence electrons. The molecule has 0 spiro atoms. The third kappa shape index (κ3) is 1.03. The molecule has 3 heteroatoms. The molecule has 1 aromatic rings. The summed E-state index contributed by atoms with van der Waals surface area (Å²) in [5.74, 6) is 1.31. The quantitative estimate of drug-likeness (QED) is 0.604. The van der Waals surface area contributed by atoms with Crippen molar-refractivity contribution in [3.63, 3.8) is 0 Å². The molecular formula is C10H9NO2. The first kappa shape index (κ1) is 7.93. The Balaban J connectivity index is 2.73. The minimum Gasteiger partial charge on any atom is -0.453 e. The van der Waals surface area contributed by atoms with Gasteiger partial charge in [0, 0.05) is 0 Å². The van der Waals surface area contributed by atoms with Crippen molar-refractivity contribution in [3.05, 3.63) is 22.8 Å². The maximum absolute atomic E-state index is 8.83. The van der Waals surface area contributed by atoms with Crippen molar-refractivity contribution in [2.45, 2.75) is 13.8 Å². The van der Waals surface area contributed by atoms with Gasteiger partial charge in [0.25, 0.3) is 0 Å². The van der Waals surface area contributed by atoms with Crippen LogP contribution in [0.2, 0.25) is 0 Å². The molecule has 0 saturated carbocycles. The summed E-state index contributed by atoms with van der Waals surface area (Å²) in [7, 11) is 0. The Morgan fingerprint density at radius 3 is 2.69 bits per heavy atom. The summed E-state index contributed by atoms with van der Waals surface area (Å²) in [5, 5.41) is 8.83. The first-order chi connectivity index (χ1) is 6.24. The molecule has 0 saturated heterocycles. The molecule has 0 aliphatic carbocycles. The second-order valence-corrected chi connectivity index (χ2v) is 3.04. The first-order valence-corrected chi connectivity index (χ1v) is 4.04. The van der Waals surface area contributed by atoms with Crippen LogP contribution < -0.4 is 9.47 Å². The summed E-state index contributed by atoms with van der Waals surface area (Å²) >= 11 is 0. The molecule has 13 heavy (non-hydrogen) atoms. The predicted octanol–water partition coefficient (Wildman–Crippen LogP) is 1.90. The van der Waals surface area contributed by atoms with E-state index in [1.165, 1.54) is 0 Å². The van der Waals surface area contributed by atoms with Gasteiger partial charge in [0.2, 0.25) is 6.79 Å². The standard InChI is InChI=1S/C10H9NO2/c1-6-3-8(4-11)10-9(7(6)2)12-5-13-10/h3H,5H2,1-2H3. The van der Waals surface area contributed by atoms with E-state index >= 15 is 0 Å². The lowest BCUT2D eigenvalue weighted by Crippen LogP contribution is -1.93. The minimum atomic E-state index is 0.217. The molecule has 1 aromatic carbocycles. The fourth-order valence-electron chi connectivity index (χ4n) is 1.41. The number of ether oxygens (including phenoxy) is 2. The Morgan fingerprint density at radius 1 is 1.31 bits per heavy atom. The van der Waals surface area contributed by atoms with Crippen molar-refractivity contribution in [2.24, 2.45) is 0 Å². The number of rotatable bonds is 0. The number of fused-ring (bicyclic) bond motifs is 1. The van der Waals surface area contributed by atoms with Gasteiger partial charge >= 0.3 is 0 Å². The summed E-state index contributed by atoms with van der Waals surface area (Å²) < 4.78 is 10.5. The van der Waals surface area contributed by atoms with Gasteiger partial charge in [-0.05, 0) is 31.0 Å². The van der Waals surface area contributed by atoms with Crippen LogP contribution >= 0.6 is 0 Å². The van der Waals surface area contributed by atoms with Crippen molar-refractivity contribution in [1.82, 2.24) is 0 Å². The van der Waals surface area contributed by atoms with Crippen molar-refractivity contribution in [1.29, 1.82) is 5.26 Å². The molecule has 3 nitrogen and oxygen atoms in total. The van der Waals surface area contributed by atoms with Crippen LogP contribution in [0, 0.1) is 25.2 Å². The molecule has 1 aliphatic heterocycles. The van der Waals surface area contributed by atoms with E-state index in [4.69, 9.17) is 14.7 Å². The van der Waals surface area contributed by atoms with Crippen LogP contribution in [0.1, 0.15) is 16.7 Å². The SMILES string of the molecule is Cc1cc(C#N)c2c(c1C)OCO2. The zero-order valence-corrected chi connectivity index (χ0v) is 7.55. The van der Waals surface area contributed by atoms with Gasteiger partial charge in [-0.25, -0.2) is 0 Å². The third-order valence-corrected chi connectivity index (χ3v) is 2.27. The number of aryl methyl sites for hydroxylation is 1. The molecule has 0 unspecified atom stereocenters. The lowest BCUT2D eigenvalue weighted by molar-refractivity contribution is 0.173. The molecule has 0 atom stereocenters. The predicted molar refractivity (Wildman–Crippen MR) is 46.8 cm³/mol. The molecule has 1 heterocycles. The normalized spacial score (nSPS) is 12.7. The Kier molecular flexibility index (Phi) is 1.63. The van der Waals surface area contributed by atoms with Gasteiger partial charge in [-0.3, -0.25) is 0 Å². The van der Waals surface area contributed by atoms with Crippen LogP contribution in [0.15, 0.2) is 6.07 Å². The first-order valence-electron chi connectivity index (χ1n) is 4.04. The summed E-state index contributed by atoms with van der Waals surface area (Å²) in [4.78, 5) is 0. The van der Waals surface area contributed by atoms with E-state index in [0.717, 1.165) is 16.9 Å². The monoisotopic (exact) mass is 175 g/mol. The highest BCUT2D eigenvalue weighted by Crippen LogP contribution is 2.39. The van der Waals surface area contributed by atoms with Crippen molar-refractivity contribution in [3.8, 4) is 17.6 Å². The zero-order valence-electron chi connectivity index (χ0n) is 7.55. The zero-order chi connectivity index (χ0) is 9.42. The van der Waals surface area contributed by atoms with Gasteiger partial charge < -0.3 is 9.47 Å². The Hall–Kier alpha value is -1.69. The van der Waals surface area contributed by atoms with E-state index < -0.39 is 0 Å². The topological polar surface area (TPSA) is 42.2 Å². The highest BCUT2D eigenvalue weighted by atomic mass is 16.7. The van der Waals surface area contributed by atoms with Crippen LogP contribution in [0.4, 0.5) is 0 Å². The molecule has 2 rings (SSSR count). The van der Waals surface area contributed by atoms with E-state index in [2.05, 4.69) is 6.07 Å². The number of hydrogen-bond acceptors (Lipinski definition) is 3. The average molecular weight is 175 g/mol. The second kappa shape index (κ2) is 2.67. The molecule has 0 aromatic heterocycles. The Morgan fingerprint density at radius 2 is 2.00 bits per heavy atom. The van der Waals surface area contributed by atoms with Gasteiger partial charge in [-0.2, -0.15) is 5.26 Å².